The van der Waals surface area contributed by atoms with Crippen LogP contribution in [0.15, 0.2) is 41.4 Å². The molecule has 2 heteroatoms. The molecule has 0 saturated carbocycles. The van der Waals surface area contributed by atoms with Crippen molar-refractivity contribution in [1.29, 1.82) is 0 Å². The Morgan fingerprint density at radius 2 is 1.71 bits per heavy atom. The molecule has 0 saturated heterocycles. The molecule has 0 radical (unpaired) electrons. The molecule has 2 nitrogen and oxygen atoms in total. The molecule has 0 spiro atoms. The SMILES string of the molecule is O=C1C=c2cc3ccccc3cc2=N1. The lowest BCUT2D eigenvalue weighted by atomic mass is 10.1. The quantitative estimate of drug-likeness (QED) is 0.590. The summed E-state index contributed by atoms with van der Waals surface area (Å²) in [5, 5.41) is 3.98. The number of nitrogens with zero attached hydrogens (tertiary/aromatic N) is 1. The van der Waals surface area contributed by atoms with Crippen LogP contribution >= 0.6 is 0 Å². The minimum Gasteiger partial charge on any atom is -0.267 e. The van der Waals surface area contributed by atoms with Crippen molar-refractivity contribution >= 4 is 22.8 Å². The summed E-state index contributed by atoms with van der Waals surface area (Å²) in [5.74, 6) is -0.157. The molecule has 1 aliphatic rings. The van der Waals surface area contributed by atoms with E-state index in [2.05, 4.69) is 4.99 Å². The van der Waals surface area contributed by atoms with Crippen LogP contribution in [0, 0.1) is 0 Å². The predicted octanol–water partition coefficient (Wildman–Crippen LogP) is 0.780. The van der Waals surface area contributed by atoms with Crippen LogP contribution in [-0.4, -0.2) is 5.91 Å². The van der Waals surface area contributed by atoms with E-state index in [0.29, 0.717) is 0 Å². The van der Waals surface area contributed by atoms with E-state index in [-0.39, 0.29) is 5.91 Å². The van der Waals surface area contributed by atoms with E-state index in [1.165, 1.54) is 0 Å². The fourth-order valence-corrected chi connectivity index (χ4v) is 1.74. The minimum absolute atomic E-state index is 0.157. The molecule has 1 heterocycles. The van der Waals surface area contributed by atoms with Crippen molar-refractivity contribution in [2.75, 3.05) is 0 Å². The Labute approximate surface area is 80.2 Å². The van der Waals surface area contributed by atoms with Crippen LogP contribution in [0.3, 0.4) is 0 Å². The normalized spacial score (nSPS) is 13.6. The van der Waals surface area contributed by atoms with Gasteiger partial charge in [0.25, 0.3) is 5.91 Å². The first-order valence-electron chi connectivity index (χ1n) is 4.46. The average Bonchev–Trinajstić information content (AvgIpc) is 2.53. The molecule has 0 aliphatic carbocycles. The van der Waals surface area contributed by atoms with Gasteiger partial charge in [0.05, 0.1) is 5.36 Å². The number of carbonyl (C=O) groups excluding carboxylic acids is 1. The number of carbonyl (C=O) groups is 1. The van der Waals surface area contributed by atoms with Gasteiger partial charge in [0.1, 0.15) is 0 Å². The first kappa shape index (κ1) is 7.44. The highest BCUT2D eigenvalue weighted by atomic mass is 16.1. The lowest BCUT2D eigenvalue weighted by Gasteiger charge is -1.94. The zero-order chi connectivity index (χ0) is 9.54. The largest absolute Gasteiger partial charge is 0.270 e. The van der Waals surface area contributed by atoms with E-state index < -0.39 is 0 Å². The van der Waals surface area contributed by atoms with E-state index in [1.54, 1.807) is 6.08 Å². The number of hydrogen-bond donors (Lipinski definition) is 0. The lowest BCUT2D eigenvalue weighted by Crippen LogP contribution is -2.20. The molecule has 0 bridgehead atoms. The molecule has 66 valence electrons. The smallest absolute Gasteiger partial charge is 0.267 e. The molecule has 1 amide bonds. The second-order valence-corrected chi connectivity index (χ2v) is 3.35. The van der Waals surface area contributed by atoms with Gasteiger partial charge in [-0.3, -0.25) is 4.79 Å². The molecule has 2 aromatic rings. The van der Waals surface area contributed by atoms with Crippen molar-refractivity contribution in [3.05, 3.63) is 47.0 Å². The highest BCUT2D eigenvalue weighted by Gasteiger charge is 2.03. The molecule has 0 atom stereocenters. The lowest BCUT2D eigenvalue weighted by molar-refractivity contribution is -0.112. The first-order valence-corrected chi connectivity index (χ1v) is 4.46. The maximum Gasteiger partial charge on any atom is 0.270 e. The Morgan fingerprint density at radius 3 is 2.50 bits per heavy atom. The summed E-state index contributed by atoms with van der Waals surface area (Å²) < 4.78 is 0. The molecule has 14 heavy (non-hydrogen) atoms. The molecule has 0 unspecified atom stereocenters. The maximum absolute atomic E-state index is 11.1. The Morgan fingerprint density at radius 1 is 1.00 bits per heavy atom. The van der Waals surface area contributed by atoms with Gasteiger partial charge in [0, 0.05) is 11.3 Å². The highest BCUT2D eigenvalue weighted by Crippen LogP contribution is 2.08. The van der Waals surface area contributed by atoms with Crippen LogP contribution in [0.4, 0.5) is 0 Å². The van der Waals surface area contributed by atoms with Gasteiger partial charge < -0.3 is 0 Å². The Bertz CT molecular complexity index is 599. The van der Waals surface area contributed by atoms with Gasteiger partial charge in [-0.15, -0.1) is 0 Å². The van der Waals surface area contributed by atoms with Crippen LogP contribution in [0.2, 0.25) is 0 Å². The summed E-state index contributed by atoms with van der Waals surface area (Å²) in [4.78, 5) is 15.0. The molecular weight excluding hydrogens is 174 g/mol. The van der Waals surface area contributed by atoms with Crippen molar-refractivity contribution in [2.45, 2.75) is 0 Å². The molecule has 0 fully saturated rings. The van der Waals surface area contributed by atoms with E-state index in [0.717, 1.165) is 21.3 Å². The Hall–Kier alpha value is -1.96. The van der Waals surface area contributed by atoms with Crippen LogP contribution < -0.4 is 10.6 Å². The van der Waals surface area contributed by atoms with Crippen molar-refractivity contribution in [2.24, 2.45) is 4.99 Å². The van der Waals surface area contributed by atoms with Crippen molar-refractivity contribution in [3.63, 3.8) is 0 Å². The van der Waals surface area contributed by atoms with Gasteiger partial charge in [-0.2, -0.15) is 0 Å². The van der Waals surface area contributed by atoms with Crippen LogP contribution in [0.25, 0.3) is 16.8 Å². The molecule has 0 aromatic heterocycles. The van der Waals surface area contributed by atoms with Gasteiger partial charge in [-0.05, 0) is 22.9 Å². The van der Waals surface area contributed by atoms with Crippen molar-refractivity contribution in [1.82, 2.24) is 0 Å². The monoisotopic (exact) mass is 181 g/mol. The first-order chi connectivity index (χ1) is 6.83. The summed E-state index contributed by atoms with van der Waals surface area (Å²) >= 11 is 0. The number of rotatable bonds is 0. The third-order valence-electron chi connectivity index (χ3n) is 2.40. The fourth-order valence-electron chi connectivity index (χ4n) is 1.74. The number of amides is 1. The number of benzene rings is 2. The van der Waals surface area contributed by atoms with Crippen LogP contribution in [-0.2, 0) is 4.79 Å². The van der Waals surface area contributed by atoms with E-state index in [9.17, 15) is 4.79 Å². The van der Waals surface area contributed by atoms with E-state index in [1.807, 2.05) is 36.4 Å². The molecule has 1 aliphatic heterocycles. The van der Waals surface area contributed by atoms with E-state index in [4.69, 9.17) is 0 Å². The second-order valence-electron chi connectivity index (χ2n) is 3.35. The van der Waals surface area contributed by atoms with Crippen LogP contribution in [0.1, 0.15) is 0 Å². The summed E-state index contributed by atoms with van der Waals surface area (Å²) in [6, 6.07) is 12.0. The van der Waals surface area contributed by atoms with Crippen LogP contribution in [0.5, 0.6) is 0 Å². The summed E-state index contributed by atoms with van der Waals surface area (Å²) in [6.45, 7) is 0. The Kier molecular flexibility index (Phi) is 1.34. The molecule has 2 aromatic carbocycles. The zero-order valence-corrected chi connectivity index (χ0v) is 7.40. The Balaban J connectivity index is 2.56. The number of fused-ring (bicyclic) bond motifs is 2. The molecule has 0 N–H and O–H groups in total. The summed E-state index contributed by atoms with van der Waals surface area (Å²) in [5.41, 5.74) is 0. The van der Waals surface area contributed by atoms with Gasteiger partial charge in [0.15, 0.2) is 0 Å². The van der Waals surface area contributed by atoms with Crippen molar-refractivity contribution < 1.29 is 4.79 Å². The summed E-state index contributed by atoms with van der Waals surface area (Å²) in [6.07, 6.45) is 1.57. The zero-order valence-electron chi connectivity index (χ0n) is 7.40. The van der Waals surface area contributed by atoms with Gasteiger partial charge >= 0.3 is 0 Å². The molecular formula is C12H7NO. The topological polar surface area (TPSA) is 29.4 Å². The highest BCUT2D eigenvalue weighted by molar-refractivity contribution is 6.07. The fraction of sp³-hybridized carbons (Fsp3) is 0. The van der Waals surface area contributed by atoms with Gasteiger partial charge in [0.2, 0.25) is 0 Å². The molecule has 3 rings (SSSR count). The minimum atomic E-state index is -0.157. The van der Waals surface area contributed by atoms with Gasteiger partial charge in [-0.25, -0.2) is 4.99 Å². The third-order valence-corrected chi connectivity index (χ3v) is 2.40. The maximum atomic E-state index is 11.1. The third kappa shape index (κ3) is 0.973. The van der Waals surface area contributed by atoms with E-state index >= 15 is 0 Å². The van der Waals surface area contributed by atoms with Gasteiger partial charge in [-0.1, -0.05) is 24.3 Å². The number of hydrogen-bond acceptors (Lipinski definition) is 1. The standard InChI is InChI=1S/C12H7NO/c14-12-7-10-5-8-3-1-2-4-9(8)6-11(10)13-12/h1-7H. The van der Waals surface area contributed by atoms with Crippen molar-refractivity contribution in [3.8, 4) is 0 Å². The summed E-state index contributed by atoms with van der Waals surface area (Å²) in [7, 11) is 0. The predicted molar refractivity (Wildman–Crippen MR) is 54.2 cm³/mol. The second kappa shape index (κ2) is 2.51. The average molecular weight is 181 g/mol.